The summed E-state index contributed by atoms with van der Waals surface area (Å²) in [7, 11) is 0. The Morgan fingerprint density at radius 3 is 2.02 bits per heavy atom. The number of nitrogens with zero attached hydrogens (tertiary/aromatic N) is 3. The van der Waals surface area contributed by atoms with Crippen LogP contribution < -0.4 is 5.56 Å². The Kier molecular flexibility index (Phi) is 11.5. The number of benzene rings is 4. The van der Waals surface area contributed by atoms with Gasteiger partial charge in [0.2, 0.25) is 0 Å². The second-order valence-electron chi connectivity index (χ2n) is 12.0. The quantitative estimate of drug-likeness (QED) is 0.121. The summed E-state index contributed by atoms with van der Waals surface area (Å²) in [6, 6.07) is 35.9. The lowest BCUT2D eigenvalue weighted by molar-refractivity contribution is -0.138. The standard InChI is InChI=1S/C39H42FN3O3/c1-2-14-32(27-36(44)45)35(24-26-42(28-30-17-8-4-9-18-30)25-23-29-15-6-3-7-16-29)43-39(46)34-22-13-12-21-33(34)38(41-43)37(40)31-19-10-5-11-20-31/h3-13,15-22,32,35,37H,2,14,23-28H2,1H3,(H,44,45). The molecule has 4 aromatic carbocycles. The van der Waals surface area contributed by atoms with Crippen molar-refractivity contribution in [2.45, 2.75) is 57.8 Å². The number of hydrogen-bond acceptors (Lipinski definition) is 4. The van der Waals surface area contributed by atoms with Gasteiger partial charge in [0.1, 0.15) is 5.69 Å². The van der Waals surface area contributed by atoms with Gasteiger partial charge in [0.05, 0.1) is 17.8 Å². The van der Waals surface area contributed by atoms with Gasteiger partial charge < -0.3 is 5.11 Å². The first kappa shape index (κ1) is 32.8. The summed E-state index contributed by atoms with van der Waals surface area (Å²) in [5.74, 6) is -1.28. The van der Waals surface area contributed by atoms with Crippen molar-refractivity contribution in [3.05, 3.63) is 148 Å². The lowest BCUT2D eigenvalue weighted by atomic mass is 9.89. The van der Waals surface area contributed by atoms with Gasteiger partial charge in [0.25, 0.3) is 5.56 Å². The number of rotatable bonds is 16. The second kappa shape index (κ2) is 16.1. The molecule has 7 heteroatoms. The number of aliphatic carboxylic acids is 1. The highest BCUT2D eigenvalue weighted by Crippen LogP contribution is 2.33. The first-order chi connectivity index (χ1) is 22.4. The van der Waals surface area contributed by atoms with Crippen molar-refractivity contribution in [1.29, 1.82) is 0 Å². The first-order valence-corrected chi connectivity index (χ1v) is 16.2. The van der Waals surface area contributed by atoms with Crippen LogP contribution in [0.3, 0.4) is 0 Å². The van der Waals surface area contributed by atoms with Crippen LogP contribution in [0.4, 0.5) is 4.39 Å². The maximum atomic E-state index is 16.3. The van der Waals surface area contributed by atoms with Gasteiger partial charge in [0.15, 0.2) is 6.17 Å². The van der Waals surface area contributed by atoms with E-state index < -0.39 is 18.2 Å². The van der Waals surface area contributed by atoms with Crippen molar-refractivity contribution in [1.82, 2.24) is 14.7 Å². The van der Waals surface area contributed by atoms with E-state index in [0.29, 0.717) is 42.3 Å². The fraction of sp³-hybridized carbons (Fsp3) is 0.308. The van der Waals surface area contributed by atoms with E-state index in [1.807, 2.05) is 49.4 Å². The molecule has 1 aromatic heterocycles. The Balaban J connectivity index is 1.55. The molecule has 6 nitrogen and oxygen atoms in total. The predicted molar refractivity (Wildman–Crippen MR) is 182 cm³/mol. The summed E-state index contributed by atoms with van der Waals surface area (Å²) in [6.07, 6.45) is 1.05. The van der Waals surface area contributed by atoms with Crippen molar-refractivity contribution in [2.24, 2.45) is 5.92 Å². The maximum Gasteiger partial charge on any atom is 0.303 e. The van der Waals surface area contributed by atoms with Gasteiger partial charge in [0, 0.05) is 25.0 Å². The first-order valence-electron chi connectivity index (χ1n) is 16.2. The SMILES string of the molecule is CCCC(CC(=O)O)C(CCN(CCc1ccccc1)Cc1ccccc1)n1nc(C(F)c2ccccc2)c2ccccc2c1=O. The number of fused-ring (bicyclic) bond motifs is 1. The molecule has 0 fully saturated rings. The molecule has 1 heterocycles. The highest BCUT2D eigenvalue weighted by Gasteiger charge is 2.30. The fourth-order valence-electron chi connectivity index (χ4n) is 6.37. The Morgan fingerprint density at radius 2 is 1.39 bits per heavy atom. The molecule has 3 unspecified atom stereocenters. The van der Waals surface area contributed by atoms with Crippen LogP contribution in [0.25, 0.3) is 10.8 Å². The third kappa shape index (κ3) is 8.34. The Hall–Kier alpha value is -4.62. The minimum Gasteiger partial charge on any atom is -0.481 e. The largest absolute Gasteiger partial charge is 0.481 e. The molecule has 238 valence electrons. The zero-order chi connectivity index (χ0) is 32.3. The van der Waals surface area contributed by atoms with E-state index in [4.69, 9.17) is 5.10 Å². The zero-order valence-electron chi connectivity index (χ0n) is 26.3. The Bertz CT molecular complexity index is 1750. The van der Waals surface area contributed by atoms with Crippen molar-refractivity contribution in [2.75, 3.05) is 13.1 Å². The summed E-state index contributed by atoms with van der Waals surface area (Å²) < 4.78 is 17.7. The van der Waals surface area contributed by atoms with Crippen LogP contribution in [0.2, 0.25) is 0 Å². The molecule has 1 N–H and O–H groups in total. The van der Waals surface area contributed by atoms with E-state index in [2.05, 4.69) is 29.2 Å². The zero-order valence-corrected chi connectivity index (χ0v) is 26.3. The molecule has 0 saturated heterocycles. The van der Waals surface area contributed by atoms with Crippen molar-refractivity contribution in [3.8, 4) is 0 Å². The molecular formula is C39H42FN3O3. The smallest absolute Gasteiger partial charge is 0.303 e. The summed E-state index contributed by atoms with van der Waals surface area (Å²) in [4.78, 5) is 28.6. The average Bonchev–Trinajstić information content (AvgIpc) is 3.09. The van der Waals surface area contributed by atoms with Crippen LogP contribution in [0.5, 0.6) is 0 Å². The highest BCUT2D eigenvalue weighted by atomic mass is 19.1. The van der Waals surface area contributed by atoms with Crippen molar-refractivity contribution >= 4 is 16.7 Å². The summed E-state index contributed by atoms with van der Waals surface area (Å²) in [5.41, 5.74) is 2.71. The predicted octanol–water partition coefficient (Wildman–Crippen LogP) is 8.02. The number of hydrogen-bond donors (Lipinski definition) is 1. The summed E-state index contributed by atoms with van der Waals surface area (Å²) in [6.45, 7) is 4.13. The number of carboxylic acid groups (broad SMARTS) is 1. The molecule has 3 atom stereocenters. The van der Waals surface area contributed by atoms with Crippen LogP contribution in [0.1, 0.15) is 67.2 Å². The van der Waals surface area contributed by atoms with Crippen LogP contribution in [-0.2, 0) is 17.8 Å². The van der Waals surface area contributed by atoms with Gasteiger partial charge in [-0.3, -0.25) is 14.5 Å². The molecule has 46 heavy (non-hydrogen) atoms. The van der Waals surface area contributed by atoms with Gasteiger partial charge in [-0.25, -0.2) is 9.07 Å². The molecule has 5 rings (SSSR count). The Labute approximate surface area is 270 Å². The van der Waals surface area contributed by atoms with Crippen molar-refractivity contribution in [3.63, 3.8) is 0 Å². The molecule has 0 radical (unpaired) electrons. The number of carbonyl (C=O) groups is 1. The van der Waals surface area contributed by atoms with Crippen LogP contribution in [0.15, 0.2) is 120 Å². The molecule has 0 aliphatic rings. The van der Waals surface area contributed by atoms with E-state index in [1.165, 1.54) is 15.8 Å². The van der Waals surface area contributed by atoms with Crippen LogP contribution in [-0.4, -0.2) is 38.8 Å². The summed E-state index contributed by atoms with van der Waals surface area (Å²) in [5, 5.41) is 15.6. The molecule has 0 aliphatic carbocycles. The van der Waals surface area contributed by atoms with E-state index in [1.54, 1.807) is 48.5 Å². The minimum atomic E-state index is -1.55. The lowest BCUT2D eigenvalue weighted by Gasteiger charge is -2.31. The van der Waals surface area contributed by atoms with Crippen LogP contribution in [0, 0.1) is 5.92 Å². The maximum absolute atomic E-state index is 16.3. The van der Waals surface area contributed by atoms with Gasteiger partial charge in [-0.2, -0.15) is 5.10 Å². The van der Waals surface area contributed by atoms with Crippen molar-refractivity contribution < 1.29 is 14.3 Å². The number of halogens is 1. The van der Waals surface area contributed by atoms with Gasteiger partial charge in [-0.15, -0.1) is 0 Å². The lowest BCUT2D eigenvalue weighted by Crippen LogP contribution is -2.37. The fourth-order valence-corrected chi connectivity index (χ4v) is 6.37. The third-order valence-corrected chi connectivity index (χ3v) is 8.69. The van der Waals surface area contributed by atoms with E-state index >= 15 is 4.39 Å². The van der Waals surface area contributed by atoms with Gasteiger partial charge in [-0.1, -0.05) is 123 Å². The van der Waals surface area contributed by atoms with E-state index in [9.17, 15) is 14.7 Å². The molecule has 0 spiro atoms. The van der Waals surface area contributed by atoms with Gasteiger partial charge >= 0.3 is 5.97 Å². The Morgan fingerprint density at radius 1 is 0.804 bits per heavy atom. The van der Waals surface area contributed by atoms with E-state index in [-0.39, 0.29) is 23.6 Å². The molecule has 0 amide bonds. The topological polar surface area (TPSA) is 75.4 Å². The molecule has 0 bridgehead atoms. The molecule has 0 saturated carbocycles. The highest BCUT2D eigenvalue weighted by molar-refractivity contribution is 5.84. The molecule has 5 aromatic rings. The normalized spacial score (nSPS) is 13.5. The monoisotopic (exact) mass is 619 g/mol. The molecule has 0 aliphatic heterocycles. The third-order valence-electron chi connectivity index (χ3n) is 8.69. The van der Waals surface area contributed by atoms with E-state index in [0.717, 1.165) is 19.4 Å². The number of aromatic nitrogens is 2. The summed E-state index contributed by atoms with van der Waals surface area (Å²) >= 11 is 0. The average molecular weight is 620 g/mol. The molecular weight excluding hydrogens is 577 g/mol. The second-order valence-corrected chi connectivity index (χ2v) is 12.0. The van der Waals surface area contributed by atoms with Crippen LogP contribution >= 0.6 is 0 Å². The van der Waals surface area contributed by atoms with Gasteiger partial charge in [-0.05, 0) is 47.9 Å². The number of carboxylic acids is 1. The minimum absolute atomic E-state index is 0.102. The number of alkyl halides is 1.